The first kappa shape index (κ1) is 20.5. The molecule has 2 aromatic rings. The van der Waals surface area contributed by atoms with Gasteiger partial charge in [-0.25, -0.2) is 0 Å². The molecule has 0 saturated carbocycles. The number of likely N-dealkylation sites (N-methyl/N-ethyl adjacent to an activating group) is 1. The number of likely N-dealkylation sites (tertiary alicyclic amines) is 1. The molecule has 1 saturated heterocycles. The molecule has 1 atom stereocenters. The molecule has 3 rings (SSSR count). The number of hydrogen-bond acceptors (Lipinski definition) is 5. The molecule has 26 heavy (non-hydrogen) atoms. The van der Waals surface area contributed by atoms with E-state index < -0.39 is 0 Å². The van der Waals surface area contributed by atoms with Crippen molar-refractivity contribution in [2.24, 2.45) is 0 Å². The van der Waals surface area contributed by atoms with Crippen LogP contribution < -0.4 is 14.8 Å². The maximum atomic E-state index is 5.99. The molecule has 1 fully saturated rings. The summed E-state index contributed by atoms with van der Waals surface area (Å²) in [6.45, 7) is 3.66. The number of nitrogens with zero attached hydrogens (tertiary/aromatic N) is 2. The van der Waals surface area contributed by atoms with Gasteiger partial charge < -0.3 is 14.8 Å². The van der Waals surface area contributed by atoms with Crippen LogP contribution in [0.5, 0.6) is 11.5 Å². The Morgan fingerprint density at radius 1 is 1.23 bits per heavy atom. The highest BCUT2D eigenvalue weighted by molar-refractivity contribution is 5.85. The minimum absolute atomic E-state index is 0. The van der Waals surface area contributed by atoms with E-state index in [1.54, 1.807) is 13.3 Å². The van der Waals surface area contributed by atoms with Crippen molar-refractivity contribution in [1.82, 2.24) is 15.2 Å². The summed E-state index contributed by atoms with van der Waals surface area (Å²) in [5.41, 5.74) is 2.29. The van der Waals surface area contributed by atoms with Crippen molar-refractivity contribution in [3.63, 3.8) is 0 Å². The van der Waals surface area contributed by atoms with Crippen LogP contribution in [0.2, 0.25) is 0 Å². The van der Waals surface area contributed by atoms with E-state index in [4.69, 9.17) is 9.47 Å². The zero-order chi connectivity index (χ0) is 17.5. The third-order valence-corrected chi connectivity index (χ3v) is 4.67. The zero-order valence-corrected chi connectivity index (χ0v) is 16.3. The van der Waals surface area contributed by atoms with Gasteiger partial charge in [-0.15, -0.1) is 12.4 Å². The molecule has 0 amide bonds. The lowest BCUT2D eigenvalue weighted by Gasteiger charge is -2.32. The summed E-state index contributed by atoms with van der Waals surface area (Å²) in [5.74, 6) is 1.55. The van der Waals surface area contributed by atoms with E-state index in [2.05, 4.69) is 27.3 Å². The molecule has 2 heterocycles. The lowest BCUT2D eigenvalue weighted by molar-refractivity contribution is 0.187. The molecule has 1 aromatic heterocycles. The van der Waals surface area contributed by atoms with Crippen molar-refractivity contribution in [2.75, 3.05) is 27.2 Å². The molecule has 1 unspecified atom stereocenters. The number of benzene rings is 1. The number of hydrogen-bond donors (Lipinski definition) is 1. The van der Waals surface area contributed by atoms with E-state index >= 15 is 0 Å². The third-order valence-electron chi connectivity index (χ3n) is 4.67. The largest absolute Gasteiger partial charge is 0.493 e. The van der Waals surface area contributed by atoms with Crippen LogP contribution in [0.1, 0.15) is 24.0 Å². The smallest absolute Gasteiger partial charge is 0.161 e. The standard InChI is InChI=1S/C20H27N3O2.ClH/c1-21-18-6-4-10-23(14-18)13-16-7-8-19(24-2)20(11-16)25-15-17-5-3-9-22-12-17;/h3,5,7-9,11-12,18,21H,4,6,10,13-15H2,1-2H3;1H. The summed E-state index contributed by atoms with van der Waals surface area (Å²) in [6.07, 6.45) is 6.09. The van der Waals surface area contributed by atoms with Crippen LogP contribution in [-0.2, 0) is 13.2 Å². The summed E-state index contributed by atoms with van der Waals surface area (Å²) in [5, 5.41) is 3.40. The summed E-state index contributed by atoms with van der Waals surface area (Å²) >= 11 is 0. The minimum Gasteiger partial charge on any atom is -0.493 e. The Labute approximate surface area is 162 Å². The first-order valence-corrected chi connectivity index (χ1v) is 8.86. The van der Waals surface area contributed by atoms with Crippen molar-refractivity contribution in [3.05, 3.63) is 53.9 Å². The normalized spacial score (nSPS) is 17.4. The summed E-state index contributed by atoms with van der Waals surface area (Å²) < 4.78 is 11.4. The molecule has 1 aromatic carbocycles. The van der Waals surface area contributed by atoms with Gasteiger partial charge in [0.25, 0.3) is 0 Å². The number of ether oxygens (including phenoxy) is 2. The second-order valence-electron chi connectivity index (χ2n) is 6.50. The van der Waals surface area contributed by atoms with Gasteiger partial charge in [0.2, 0.25) is 0 Å². The van der Waals surface area contributed by atoms with Crippen LogP contribution in [0, 0.1) is 0 Å². The predicted molar refractivity (Wildman–Crippen MR) is 106 cm³/mol. The molecule has 5 nitrogen and oxygen atoms in total. The van der Waals surface area contributed by atoms with Crippen molar-refractivity contribution in [1.29, 1.82) is 0 Å². The molecular weight excluding hydrogens is 350 g/mol. The van der Waals surface area contributed by atoms with Gasteiger partial charge in [-0.2, -0.15) is 0 Å². The number of methoxy groups -OCH3 is 1. The summed E-state index contributed by atoms with van der Waals surface area (Å²) in [7, 11) is 3.72. The minimum atomic E-state index is 0. The SMILES string of the molecule is CNC1CCCN(Cc2ccc(OC)c(OCc3cccnc3)c2)C1.Cl. The lowest BCUT2D eigenvalue weighted by atomic mass is 10.0. The van der Waals surface area contributed by atoms with Crippen LogP contribution in [-0.4, -0.2) is 43.2 Å². The van der Waals surface area contributed by atoms with Gasteiger partial charge in [0, 0.05) is 37.1 Å². The molecule has 1 aliphatic rings. The van der Waals surface area contributed by atoms with Crippen LogP contribution in [0.3, 0.4) is 0 Å². The molecule has 1 N–H and O–H groups in total. The zero-order valence-electron chi connectivity index (χ0n) is 15.5. The highest BCUT2D eigenvalue weighted by Crippen LogP contribution is 2.29. The fourth-order valence-electron chi connectivity index (χ4n) is 3.27. The van der Waals surface area contributed by atoms with Crippen LogP contribution in [0.15, 0.2) is 42.7 Å². The van der Waals surface area contributed by atoms with Gasteiger partial charge in [0.05, 0.1) is 7.11 Å². The molecule has 0 aliphatic carbocycles. The highest BCUT2D eigenvalue weighted by atomic mass is 35.5. The van der Waals surface area contributed by atoms with E-state index in [1.807, 2.05) is 31.4 Å². The Balaban J connectivity index is 0.00000243. The Morgan fingerprint density at radius 3 is 2.85 bits per heavy atom. The summed E-state index contributed by atoms with van der Waals surface area (Å²) in [6, 6.07) is 10.7. The lowest BCUT2D eigenvalue weighted by Crippen LogP contribution is -2.43. The van der Waals surface area contributed by atoms with Crippen molar-refractivity contribution in [3.8, 4) is 11.5 Å². The van der Waals surface area contributed by atoms with Crippen molar-refractivity contribution >= 4 is 12.4 Å². The fraction of sp³-hybridized carbons (Fsp3) is 0.450. The third kappa shape index (κ3) is 5.59. The highest BCUT2D eigenvalue weighted by Gasteiger charge is 2.19. The van der Waals surface area contributed by atoms with Gasteiger partial charge in [0.15, 0.2) is 11.5 Å². The molecule has 0 spiro atoms. The van der Waals surface area contributed by atoms with E-state index in [9.17, 15) is 0 Å². The topological polar surface area (TPSA) is 46.6 Å². The maximum absolute atomic E-state index is 5.99. The Hall–Kier alpha value is -1.82. The number of nitrogens with one attached hydrogen (secondary N) is 1. The predicted octanol–water partition coefficient (Wildman–Crippen LogP) is 3.27. The summed E-state index contributed by atoms with van der Waals surface area (Å²) in [4.78, 5) is 6.62. The van der Waals surface area contributed by atoms with E-state index in [-0.39, 0.29) is 12.4 Å². The number of rotatable bonds is 7. The monoisotopic (exact) mass is 377 g/mol. The van der Waals surface area contributed by atoms with E-state index in [0.717, 1.165) is 36.7 Å². The van der Waals surface area contributed by atoms with Crippen molar-refractivity contribution < 1.29 is 9.47 Å². The molecule has 0 bridgehead atoms. The van der Waals surface area contributed by atoms with E-state index in [1.165, 1.54) is 18.4 Å². The Morgan fingerprint density at radius 2 is 2.12 bits per heavy atom. The number of pyridine rings is 1. The maximum Gasteiger partial charge on any atom is 0.161 e. The first-order chi connectivity index (χ1) is 12.3. The van der Waals surface area contributed by atoms with Gasteiger partial charge in [-0.05, 0) is 50.2 Å². The van der Waals surface area contributed by atoms with Crippen LogP contribution in [0.25, 0.3) is 0 Å². The molecule has 1 aliphatic heterocycles. The quantitative estimate of drug-likeness (QED) is 0.802. The van der Waals surface area contributed by atoms with Crippen LogP contribution >= 0.6 is 12.4 Å². The molecule has 6 heteroatoms. The van der Waals surface area contributed by atoms with Gasteiger partial charge in [0.1, 0.15) is 6.61 Å². The van der Waals surface area contributed by atoms with Crippen LogP contribution in [0.4, 0.5) is 0 Å². The number of piperidine rings is 1. The van der Waals surface area contributed by atoms with Crippen molar-refractivity contribution in [2.45, 2.75) is 32.0 Å². The van der Waals surface area contributed by atoms with E-state index in [0.29, 0.717) is 12.6 Å². The molecule has 0 radical (unpaired) electrons. The average Bonchev–Trinajstić information content (AvgIpc) is 2.67. The first-order valence-electron chi connectivity index (χ1n) is 8.86. The van der Waals surface area contributed by atoms with Gasteiger partial charge in [-0.1, -0.05) is 12.1 Å². The Bertz CT molecular complexity index is 669. The second kappa shape index (κ2) is 10.4. The van der Waals surface area contributed by atoms with Gasteiger partial charge in [-0.3, -0.25) is 9.88 Å². The average molecular weight is 378 g/mol. The number of halogens is 1. The molecular formula is C20H28ClN3O2. The second-order valence-corrected chi connectivity index (χ2v) is 6.50. The number of aromatic nitrogens is 1. The molecule has 142 valence electrons. The van der Waals surface area contributed by atoms with Gasteiger partial charge >= 0.3 is 0 Å². The Kier molecular flexibility index (Phi) is 8.16. The fourth-order valence-corrected chi connectivity index (χ4v) is 3.27.